The Kier molecular flexibility index (Phi) is 3.24. The fraction of sp³-hybridized carbons (Fsp3) is 0. The number of hydrogen-bond acceptors (Lipinski definition) is 1. The van der Waals surface area contributed by atoms with Crippen molar-refractivity contribution >= 4 is 17.0 Å². The molecule has 0 saturated heterocycles. The first-order valence-corrected chi connectivity index (χ1v) is 5.07. The number of H-pyrrole nitrogens is 1. The van der Waals surface area contributed by atoms with Gasteiger partial charge in [-0.1, -0.05) is 24.8 Å². The van der Waals surface area contributed by atoms with Gasteiger partial charge in [-0.25, -0.2) is 0 Å². The Hall–Kier alpha value is -2.22. The molecule has 0 bridgehead atoms. The molecule has 3 rings (SSSR count). The maximum atomic E-state index is 4.58. The number of furan rings is 1. The van der Waals surface area contributed by atoms with Crippen LogP contribution in [0.25, 0.3) is 17.0 Å². The van der Waals surface area contributed by atoms with Crippen LogP contribution >= 0.6 is 0 Å². The van der Waals surface area contributed by atoms with Gasteiger partial charge in [0.2, 0.25) is 0 Å². The van der Waals surface area contributed by atoms with Crippen LogP contribution in [-0.4, -0.2) is 4.98 Å². The second-order valence-electron chi connectivity index (χ2n) is 3.31. The zero-order chi connectivity index (χ0) is 11.2. The summed E-state index contributed by atoms with van der Waals surface area (Å²) in [4.78, 5) is 3.23. The Morgan fingerprint density at radius 3 is 2.38 bits per heavy atom. The summed E-state index contributed by atoms with van der Waals surface area (Å²) < 4.78 is 4.58. The van der Waals surface area contributed by atoms with Crippen molar-refractivity contribution in [3.8, 4) is 0 Å². The van der Waals surface area contributed by atoms with Crippen LogP contribution in [0.2, 0.25) is 0 Å². The van der Waals surface area contributed by atoms with E-state index in [-0.39, 0.29) is 0 Å². The van der Waals surface area contributed by atoms with Crippen molar-refractivity contribution in [2.24, 2.45) is 0 Å². The molecule has 1 aromatic carbocycles. The van der Waals surface area contributed by atoms with Gasteiger partial charge in [-0.2, -0.15) is 0 Å². The van der Waals surface area contributed by atoms with Crippen LogP contribution in [0.5, 0.6) is 0 Å². The number of aromatic amines is 1. The quantitative estimate of drug-likeness (QED) is 0.645. The maximum Gasteiger partial charge on any atom is 0.0902 e. The van der Waals surface area contributed by atoms with Crippen LogP contribution < -0.4 is 0 Å². The van der Waals surface area contributed by atoms with Gasteiger partial charge in [-0.3, -0.25) is 0 Å². The summed E-state index contributed by atoms with van der Waals surface area (Å²) in [5.74, 6) is 0. The van der Waals surface area contributed by atoms with Crippen molar-refractivity contribution in [2.75, 3.05) is 0 Å². The third-order valence-corrected chi connectivity index (χ3v) is 2.20. The van der Waals surface area contributed by atoms with Gasteiger partial charge in [0, 0.05) is 11.2 Å². The van der Waals surface area contributed by atoms with Crippen molar-refractivity contribution < 1.29 is 4.42 Å². The van der Waals surface area contributed by atoms with Gasteiger partial charge in [0.15, 0.2) is 0 Å². The second kappa shape index (κ2) is 5.03. The first kappa shape index (κ1) is 10.3. The van der Waals surface area contributed by atoms with E-state index >= 15 is 0 Å². The summed E-state index contributed by atoms with van der Waals surface area (Å²) in [6, 6.07) is 13.9. The van der Waals surface area contributed by atoms with Crippen molar-refractivity contribution in [3.05, 3.63) is 67.3 Å². The van der Waals surface area contributed by atoms with E-state index in [1.54, 1.807) is 12.5 Å². The highest BCUT2D eigenvalue weighted by Crippen LogP contribution is 2.14. The SMILES string of the molecule is C=Cc1cc2ccccc2[nH]1.c1ccoc1. The van der Waals surface area contributed by atoms with E-state index in [2.05, 4.69) is 34.2 Å². The first-order chi connectivity index (χ1) is 7.90. The Morgan fingerprint density at radius 1 is 1.06 bits per heavy atom. The zero-order valence-electron chi connectivity index (χ0n) is 8.89. The molecule has 2 aromatic heterocycles. The summed E-state index contributed by atoms with van der Waals surface area (Å²) in [6.07, 6.45) is 5.07. The molecule has 0 unspecified atom stereocenters. The van der Waals surface area contributed by atoms with E-state index in [1.165, 1.54) is 10.9 Å². The van der Waals surface area contributed by atoms with Gasteiger partial charge in [0.05, 0.1) is 12.5 Å². The topological polar surface area (TPSA) is 28.9 Å². The van der Waals surface area contributed by atoms with Gasteiger partial charge in [0.1, 0.15) is 0 Å². The van der Waals surface area contributed by atoms with Gasteiger partial charge in [-0.05, 0) is 35.7 Å². The molecule has 0 aliphatic carbocycles. The minimum Gasteiger partial charge on any atom is -0.473 e. The molecule has 2 heteroatoms. The van der Waals surface area contributed by atoms with Gasteiger partial charge in [0.25, 0.3) is 0 Å². The molecular weight excluding hydrogens is 198 g/mol. The molecule has 16 heavy (non-hydrogen) atoms. The number of para-hydroxylation sites is 1. The molecular formula is C14H13NO. The molecule has 80 valence electrons. The lowest BCUT2D eigenvalue weighted by molar-refractivity contribution is 0.567. The molecule has 0 spiro atoms. The smallest absolute Gasteiger partial charge is 0.0902 e. The minimum atomic E-state index is 1.08. The molecule has 1 N–H and O–H groups in total. The average Bonchev–Trinajstić information content (AvgIpc) is 3.01. The highest BCUT2D eigenvalue weighted by atomic mass is 16.3. The highest BCUT2D eigenvalue weighted by molar-refractivity contribution is 5.82. The number of fused-ring (bicyclic) bond motifs is 1. The largest absolute Gasteiger partial charge is 0.473 e. The Balaban J connectivity index is 0.000000162. The third kappa shape index (κ3) is 2.42. The van der Waals surface area contributed by atoms with E-state index < -0.39 is 0 Å². The molecule has 0 aliphatic rings. The maximum absolute atomic E-state index is 4.58. The van der Waals surface area contributed by atoms with E-state index in [0.29, 0.717) is 0 Å². The lowest BCUT2D eigenvalue weighted by Crippen LogP contribution is -1.65. The fourth-order valence-corrected chi connectivity index (χ4v) is 1.43. The van der Waals surface area contributed by atoms with Crippen molar-refractivity contribution in [2.45, 2.75) is 0 Å². The van der Waals surface area contributed by atoms with E-state index in [0.717, 1.165) is 5.69 Å². The minimum absolute atomic E-state index is 1.08. The molecule has 0 aliphatic heterocycles. The molecule has 0 amide bonds. The summed E-state index contributed by atoms with van der Waals surface area (Å²) in [5.41, 5.74) is 2.24. The second-order valence-corrected chi connectivity index (χ2v) is 3.31. The predicted octanol–water partition coefficient (Wildman–Crippen LogP) is 4.09. The zero-order valence-corrected chi connectivity index (χ0v) is 8.89. The van der Waals surface area contributed by atoms with Crippen molar-refractivity contribution in [3.63, 3.8) is 0 Å². The number of rotatable bonds is 1. The van der Waals surface area contributed by atoms with Crippen LogP contribution in [0.1, 0.15) is 5.69 Å². The predicted molar refractivity (Wildman–Crippen MR) is 67.1 cm³/mol. The van der Waals surface area contributed by atoms with Crippen LogP contribution in [0.4, 0.5) is 0 Å². The molecule has 0 radical (unpaired) electrons. The molecule has 0 saturated carbocycles. The number of benzene rings is 1. The van der Waals surface area contributed by atoms with E-state index in [9.17, 15) is 0 Å². The van der Waals surface area contributed by atoms with E-state index in [1.807, 2.05) is 30.3 Å². The Morgan fingerprint density at radius 2 is 1.81 bits per heavy atom. The fourth-order valence-electron chi connectivity index (χ4n) is 1.43. The lowest BCUT2D eigenvalue weighted by atomic mass is 10.2. The van der Waals surface area contributed by atoms with Gasteiger partial charge in [-0.15, -0.1) is 0 Å². The number of aromatic nitrogens is 1. The third-order valence-electron chi connectivity index (χ3n) is 2.20. The highest BCUT2D eigenvalue weighted by Gasteiger charge is 1.93. The van der Waals surface area contributed by atoms with Crippen LogP contribution in [-0.2, 0) is 0 Å². The summed E-state index contributed by atoms with van der Waals surface area (Å²) in [7, 11) is 0. The van der Waals surface area contributed by atoms with E-state index in [4.69, 9.17) is 0 Å². The Labute approximate surface area is 94.2 Å². The van der Waals surface area contributed by atoms with Crippen LogP contribution in [0.15, 0.2) is 66.0 Å². The molecule has 0 atom stereocenters. The average molecular weight is 211 g/mol. The van der Waals surface area contributed by atoms with Crippen LogP contribution in [0, 0.1) is 0 Å². The van der Waals surface area contributed by atoms with Gasteiger partial charge < -0.3 is 9.40 Å². The molecule has 2 nitrogen and oxygen atoms in total. The van der Waals surface area contributed by atoms with Crippen LogP contribution in [0.3, 0.4) is 0 Å². The Bertz CT molecular complexity index is 499. The number of hydrogen-bond donors (Lipinski definition) is 1. The lowest BCUT2D eigenvalue weighted by Gasteiger charge is -1.83. The summed E-state index contributed by atoms with van der Waals surface area (Å²) >= 11 is 0. The monoisotopic (exact) mass is 211 g/mol. The summed E-state index contributed by atoms with van der Waals surface area (Å²) in [5, 5.41) is 1.24. The normalized spacial score (nSPS) is 9.50. The standard InChI is InChI=1S/C10H9N.C4H4O/c1-2-9-7-8-5-3-4-6-10(8)11-9;1-2-4-5-3-1/h2-7,11H,1H2;1-4H. The molecule has 3 aromatic rings. The number of nitrogens with one attached hydrogen (secondary N) is 1. The van der Waals surface area contributed by atoms with Crippen molar-refractivity contribution in [1.29, 1.82) is 0 Å². The molecule has 0 fully saturated rings. The first-order valence-electron chi connectivity index (χ1n) is 5.07. The van der Waals surface area contributed by atoms with Gasteiger partial charge >= 0.3 is 0 Å². The molecule has 2 heterocycles. The summed E-state index contributed by atoms with van der Waals surface area (Å²) in [6.45, 7) is 3.69. The van der Waals surface area contributed by atoms with Crippen molar-refractivity contribution in [1.82, 2.24) is 4.98 Å².